The van der Waals surface area contributed by atoms with Gasteiger partial charge in [-0.25, -0.2) is 0 Å². The predicted molar refractivity (Wildman–Crippen MR) is 90.2 cm³/mol. The largest absolute Gasteiger partial charge is 0.490 e. The third-order valence-corrected chi connectivity index (χ3v) is 3.09. The molecule has 2 rings (SSSR count). The zero-order chi connectivity index (χ0) is 17.0. The maximum atomic E-state index is 11.9. The third-order valence-electron chi connectivity index (χ3n) is 2.88. The van der Waals surface area contributed by atoms with E-state index in [1.165, 1.54) is 6.08 Å². The molecule has 0 radical (unpaired) electrons. The molecule has 1 fully saturated rings. The molecule has 0 unspecified atom stereocenters. The van der Waals surface area contributed by atoms with Crippen LogP contribution in [-0.4, -0.2) is 29.6 Å². The predicted octanol–water partition coefficient (Wildman–Crippen LogP) is 1.79. The van der Waals surface area contributed by atoms with E-state index in [1.54, 1.807) is 18.2 Å². The Labute approximate surface area is 139 Å². The van der Waals surface area contributed by atoms with Gasteiger partial charge in [0.1, 0.15) is 5.57 Å². The minimum absolute atomic E-state index is 0.00726. The number of benzene rings is 1. The summed E-state index contributed by atoms with van der Waals surface area (Å²) in [6.07, 6.45) is 1.49. The second-order valence-electron chi connectivity index (χ2n) is 5.10. The van der Waals surface area contributed by atoms with Crippen molar-refractivity contribution in [3.8, 4) is 11.5 Å². The first-order chi connectivity index (χ1) is 10.9. The minimum atomic E-state index is -0.529. The van der Waals surface area contributed by atoms with Gasteiger partial charge in [0, 0.05) is 0 Å². The van der Waals surface area contributed by atoms with E-state index in [0.29, 0.717) is 23.7 Å². The van der Waals surface area contributed by atoms with Crippen LogP contribution >= 0.6 is 12.2 Å². The molecule has 0 spiro atoms. The highest BCUT2D eigenvalue weighted by atomic mass is 32.1. The second kappa shape index (κ2) is 7.23. The number of rotatable bonds is 5. The van der Waals surface area contributed by atoms with Gasteiger partial charge in [-0.3, -0.25) is 20.2 Å². The molecule has 0 aliphatic carbocycles. The molecule has 6 nitrogen and oxygen atoms in total. The zero-order valence-electron chi connectivity index (χ0n) is 13.1. The number of hydrogen-bond acceptors (Lipinski definition) is 5. The Morgan fingerprint density at radius 2 is 1.83 bits per heavy atom. The molecule has 1 aliphatic rings. The molecule has 7 heteroatoms. The summed E-state index contributed by atoms with van der Waals surface area (Å²) < 4.78 is 11.2. The van der Waals surface area contributed by atoms with Crippen molar-refractivity contribution in [3.05, 3.63) is 29.3 Å². The standard InChI is InChI=1S/C16H18N2O4S/c1-4-21-13-8-10(5-6-12(13)22-9(2)3)7-11-14(19)17-16(23)18-15(11)20/h5-9H,4H2,1-3H3,(H2,17,18,19,20,23). The molecule has 1 heterocycles. The van der Waals surface area contributed by atoms with Gasteiger partial charge >= 0.3 is 0 Å². The average molecular weight is 334 g/mol. The van der Waals surface area contributed by atoms with Crippen molar-refractivity contribution in [2.75, 3.05) is 6.61 Å². The quantitative estimate of drug-likeness (QED) is 0.488. The van der Waals surface area contributed by atoms with E-state index in [9.17, 15) is 9.59 Å². The van der Waals surface area contributed by atoms with Crippen LogP contribution in [0, 0.1) is 0 Å². The molecule has 1 aliphatic heterocycles. The molecule has 122 valence electrons. The summed E-state index contributed by atoms with van der Waals surface area (Å²) in [5.41, 5.74) is 0.635. The second-order valence-corrected chi connectivity index (χ2v) is 5.51. The van der Waals surface area contributed by atoms with Gasteiger partial charge in [-0.15, -0.1) is 0 Å². The van der Waals surface area contributed by atoms with Gasteiger partial charge < -0.3 is 9.47 Å². The normalized spacial score (nSPS) is 14.4. The fourth-order valence-electron chi connectivity index (χ4n) is 2.01. The lowest BCUT2D eigenvalue weighted by Gasteiger charge is -2.17. The maximum Gasteiger partial charge on any atom is 0.263 e. The van der Waals surface area contributed by atoms with E-state index >= 15 is 0 Å². The maximum absolute atomic E-state index is 11.9. The molecular formula is C16H18N2O4S. The van der Waals surface area contributed by atoms with Crippen LogP contribution in [0.3, 0.4) is 0 Å². The van der Waals surface area contributed by atoms with Gasteiger partial charge in [-0.05, 0) is 56.8 Å². The lowest BCUT2D eigenvalue weighted by atomic mass is 10.1. The summed E-state index contributed by atoms with van der Waals surface area (Å²) in [5.74, 6) is 0.115. The number of carbonyl (C=O) groups is 2. The number of hydrogen-bond donors (Lipinski definition) is 2. The highest BCUT2D eigenvalue weighted by molar-refractivity contribution is 7.80. The van der Waals surface area contributed by atoms with Crippen LogP contribution in [0.1, 0.15) is 26.3 Å². The molecule has 2 amide bonds. The first kappa shape index (κ1) is 17.0. The Bertz CT molecular complexity index is 661. The van der Waals surface area contributed by atoms with Crippen molar-refractivity contribution in [1.82, 2.24) is 10.6 Å². The van der Waals surface area contributed by atoms with Crippen LogP contribution in [0.15, 0.2) is 23.8 Å². The summed E-state index contributed by atoms with van der Waals surface area (Å²) in [7, 11) is 0. The minimum Gasteiger partial charge on any atom is -0.490 e. The number of amides is 2. The molecule has 0 bridgehead atoms. The summed E-state index contributed by atoms with van der Waals surface area (Å²) in [6, 6.07) is 5.23. The first-order valence-corrected chi connectivity index (χ1v) is 7.63. The fourth-order valence-corrected chi connectivity index (χ4v) is 2.19. The number of carbonyl (C=O) groups excluding carboxylic acids is 2. The number of thiocarbonyl (C=S) groups is 1. The van der Waals surface area contributed by atoms with Crippen LogP contribution in [-0.2, 0) is 9.59 Å². The Kier molecular flexibility index (Phi) is 5.33. The summed E-state index contributed by atoms with van der Waals surface area (Å²) in [5, 5.41) is 4.79. The molecule has 2 N–H and O–H groups in total. The number of nitrogens with one attached hydrogen (secondary N) is 2. The van der Waals surface area contributed by atoms with Crippen LogP contribution in [0.25, 0.3) is 6.08 Å². The van der Waals surface area contributed by atoms with E-state index in [0.717, 1.165) is 0 Å². The fraction of sp³-hybridized carbons (Fsp3) is 0.312. The van der Waals surface area contributed by atoms with Gasteiger partial charge in [-0.2, -0.15) is 0 Å². The van der Waals surface area contributed by atoms with E-state index in [1.807, 2.05) is 20.8 Å². The highest BCUT2D eigenvalue weighted by Gasteiger charge is 2.25. The van der Waals surface area contributed by atoms with Crippen LogP contribution < -0.4 is 20.1 Å². The third kappa shape index (κ3) is 4.29. The lowest BCUT2D eigenvalue weighted by molar-refractivity contribution is -0.123. The molecule has 1 aromatic carbocycles. The Hall–Kier alpha value is -2.41. The first-order valence-electron chi connectivity index (χ1n) is 7.22. The van der Waals surface area contributed by atoms with E-state index in [4.69, 9.17) is 21.7 Å². The van der Waals surface area contributed by atoms with Gasteiger partial charge in [0.25, 0.3) is 11.8 Å². The molecule has 0 saturated carbocycles. The lowest BCUT2D eigenvalue weighted by Crippen LogP contribution is -2.51. The molecule has 0 aromatic heterocycles. The van der Waals surface area contributed by atoms with Crippen molar-refractivity contribution < 1.29 is 19.1 Å². The van der Waals surface area contributed by atoms with Crippen molar-refractivity contribution in [2.45, 2.75) is 26.9 Å². The molecule has 23 heavy (non-hydrogen) atoms. The van der Waals surface area contributed by atoms with Crippen molar-refractivity contribution >= 4 is 35.2 Å². The van der Waals surface area contributed by atoms with E-state index in [-0.39, 0.29) is 16.8 Å². The average Bonchev–Trinajstić information content (AvgIpc) is 2.45. The summed E-state index contributed by atoms with van der Waals surface area (Å²) in [6.45, 7) is 6.19. The summed E-state index contributed by atoms with van der Waals surface area (Å²) in [4.78, 5) is 23.7. The van der Waals surface area contributed by atoms with Crippen molar-refractivity contribution in [3.63, 3.8) is 0 Å². The van der Waals surface area contributed by atoms with Crippen LogP contribution in [0.4, 0.5) is 0 Å². The summed E-state index contributed by atoms with van der Waals surface area (Å²) >= 11 is 4.76. The Morgan fingerprint density at radius 3 is 2.39 bits per heavy atom. The Balaban J connectivity index is 2.34. The number of ether oxygens (including phenoxy) is 2. The van der Waals surface area contributed by atoms with Gasteiger partial charge in [0.2, 0.25) is 0 Å². The van der Waals surface area contributed by atoms with Gasteiger partial charge in [0.05, 0.1) is 12.7 Å². The zero-order valence-corrected chi connectivity index (χ0v) is 14.0. The SMILES string of the molecule is CCOc1cc(C=C2C(=O)NC(=S)NC2=O)ccc1OC(C)C. The highest BCUT2D eigenvalue weighted by Crippen LogP contribution is 2.30. The van der Waals surface area contributed by atoms with Crippen molar-refractivity contribution in [1.29, 1.82) is 0 Å². The molecule has 1 saturated heterocycles. The smallest absolute Gasteiger partial charge is 0.263 e. The topological polar surface area (TPSA) is 76.7 Å². The van der Waals surface area contributed by atoms with Gasteiger partial charge in [0.15, 0.2) is 16.6 Å². The van der Waals surface area contributed by atoms with Crippen LogP contribution in [0.5, 0.6) is 11.5 Å². The van der Waals surface area contributed by atoms with E-state index in [2.05, 4.69) is 10.6 Å². The Morgan fingerprint density at radius 1 is 1.17 bits per heavy atom. The monoisotopic (exact) mass is 334 g/mol. The molecule has 1 aromatic rings. The van der Waals surface area contributed by atoms with Crippen molar-refractivity contribution in [2.24, 2.45) is 0 Å². The molecule has 0 atom stereocenters. The van der Waals surface area contributed by atoms with Gasteiger partial charge in [-0.1, -0.05) is 6.07 Å². The van der Waals surface area contributed by atoms with E-state index < -0.39 is 11.8 Å². The van der Waals surface area contributed by atoms with Crippen LogP contribution in [0.2, 0.25) is 0 Å². The molecular weight excluding hydrogens is 316 g/mol.